The van der Waals surface area contributed by atoms with Gasteiger partial charge in [-0.05, 0) is 24.5 Å². The van der Waals surface area contributed by atoms with Crippen LogP contribution in [0.15, 0.2) is 24.3 Å². The minimum atomic E-state index is 0.227. The Kier molecular flexibility index (Phi) is 3.39. The van der Waals surface area contributed by atoms with E-state index in [0.29, 0.717) is 6.10 Å². The van der Waals surface area contributed by atoms with Crippen LogP contribution in [-0.4, -0.2) is 19.2 Å². The van der Waals surface area contributed by atoms with Crippen LogP contribution >= 0.6 is 0 Å². The normalized spacial score (nSPS) is 26.5. The van der Waals surface area contributed by atoms with Crippen LogP contribution in [0.5, 0.6) is 0 Å². The minimum absolute atomic E-state index is 0.227. The van der Waals surface area contributed by atoms with Crippen LogP contribution in [0.2, 0.25) is 0 Å². The molecule has 15 heavy (non-hydrogen) atoms. The summed E-state index contributed by atoms with van der Waals surface area (Å²) in [6.45, 7) is 6.24. The maximum absolute atomic E-state index is 6.04. The van der Waals surface area contributed by atoms with Gasteiger partial charge in [-0.2, -0.15) is 0 Å². The molecule has 1 fully saturated rings. The zero-order valence-electron chi connectivity index (χ0n) is 9.49. The van der Waals surface area contributed by atoms with Crippen LogP contribution in [0.3, 0.4) is 0 Å². The number of rotatable bonds is 2. The lowest BCUT2D eigenvalue weighted by atomic mass is 10.0. The molecule has 0 saturated carbocycles. The highest BCUT2D eigenvalue weighted by Gasteiger charge is 2.22. The van der Waals surface area contributed by atoms with Gasteiger partial charge < -0.3 is 10.1 Å². The predicted octanol–water partition coefficient (Wildman–Crippen LogP) is 2.43. The van der Waals surface area contributed by atoms with E-state index in [9.17, 15) is 0 Å². The molecule has 2 rings (SSSR count). The van der Waals surface area contributed by atoms with E-state index < -0.39 is 0 Å². The molecule has 1 aromatic carbocycles. The van der Waals surface area contributed by atoms with Gasteiger partial charge in [0, 0.05) is 13.1 Å². The summed E-state index contributed by atoms with van der Waals surface area (Å²) in [6, 6.07) is 8.47. The van der Waals surface area contributed by atoms with Gasteiger partial charge in [-0.3, -0.25) is 0 Å². The van der Waals surface area contributed by atoms with E-state index in [-0.39, 0.29) is 6.10 Å². The van der Waals surface area contributed by atoms with Gasteiger partial charge in [0.05, 0.1) is 12.2 Å². The Morgan fingerprint density at radius 2 is 2.13 bits per heavy atom. The van der Waals surface area contributed by atoms with Crippen LogP contribution in [0, 0.1) is 6.92 Å². The zero-order chi connectivity index (χ0) is 10.7. The second-order valence-corrected chi connectivity index (χ2v) is 4.17. The first-order valence-corrected chi connectivity index (χ1v) is 5.73. The number of hydrogen-bond donors (Lipinski definition) is 1. The first kappa shape index (κ1) is 10.7. The molecule has 0 radical (unpaired) electrons. The Bertz CT molecular complexity index is 324. The molecule has 1 saturated heterocycles. The van der Waals surface area contributed by atoms with E-state index in [1.54, 1.807) is 0 Å². The minimum Gasteiger partial charge on any atom is -0.368 e. The molecule has 1 N–H and O–H groups in total. The summed E-state index contributed by atoms with van der Waals surface area (Å²) in [4.78, 5) is 0. The van der Waals surface area contributed by atoms with Gasteiger partial charge in [0.1, 0.15) is 0 Å². The lowest BCUT2D eigenvalue weighted by Crippen LogP contribution is -2.40. The van der Waals surface area contributed by atoms with Crippen molar-refractivity contribution in [1.82, 2.24) is 5.32 Å². The van der Waals surface area contributed by atoms with Gasteiger partial charge in [-0.1, -0.05) is 31.2 Å². The van der Waals surface area contributed by atoms with E-state index in [0.717, 1.165) is 19.5 Å². The monoisotopic (exact) mass is 205 g/mol. The molecule has 2 atom stereocenters. The van der Waals surface area contributed by atoms with Crippen molar-refractivity contribution in [2.24, 2.45) is 0 Å². The molecule has 2 unspecified atom stereocenters. The van der Waals surface area contributed by atoms with Crippen LogP contribution in [0.1, 0.15) is 30.6 Å². The van der Waals surface area contributed by atoms with E-state index >= 15 is 0 Å². The number of ether oxygens (including phenoxy) is 1. The number of morpholine rings is 1. The van der Waals surface area contributed by atoms with Crippen molar-refractivity contribution < 1.29 is 4.74 Å². The third-order valence-corrected chi connectivity index (χ3v) is 3.05. The number of hydrogen-bond acceptors (Lipinski definition) is 2. The SMILES string of the molecule is CCC1CNCC(c2ccccc2C)O1. The third-order valence-electron chi connectivity index (χ3n) is 3.05. The van der Waals surface area contributed by atoms with Crippen molar-refractivity contribution in [3.05, 3.63) is 35.4 Å². The Labute approximate surface area is 91.6 Å². The molecule has 1 aliphatic rings. The van der Waals surface area contributed by atoms with Gasteiger partial charge in [-0.25, -0.2) is 0 Å². The molecule has 1 aliphatic heterocycles. The number of nitrogens with one attached hydrogen (secondary N) is 1. The molecule has 0 spiro atoms. The average molecular weight is 205 g/mol. The Morgan fingerprint density at radius 1 is 1.33 bits per heavy atom. The van der Waals surface area contributed by atoms with E-state index in [1.807, 2.05) is 0 Å². The summed E-state index contributed by atoms with van der Waals surface area (Å²) < 4.78 is 6.04. The van der Waals surface area contributed by atoms with Gasteiger partial charge in [-0.15, -0.1) is 0 Å². The van der Waals surface area contributed by atoms with Gasteiger partial charge in [0.15, 0.2) is 0 Å². The molecule has 0 aliphatic carbocycles. The van der Waals surface area contributed by atoms with Crippen LogP contribution in [0.25, 0.3) is 0 Å². The number of aryl methyl sites for hydroxylation is 1. The maximum atomic E-state index is 6.04. The van der Waals surface area contributed by atoms with E-state index in [2.05, 4.69) is 43.4 Å². The lowest BCUT2D eigenvalue weighted by molar-refractivity contribution is -0.0402. The summed E-state index contributed by atoms with van der Waals surface area (Å²) in [5.74, 6) is 0. The molecule has 2 nitrogen and oxygen atoms in total. The molecule has 82 valence electrons. The van der Waals surface area contributed by atoms with Gasteiger partial charge >= 0.3 is 0 Å². The number of benzene rings is 1. The fraction of sp³-hybridized carbons (Fsp3) is 0.538. The molecule has 1 heterocycles. The topological polar surface area (TPSA) is 21.3 Å². The first-order chi connectivity index (χ1) is 7.31. The maximum Gasteiger partial charge on any atom is 0.0956 e. The fourth-order valence-corrected chi connectivity index (χ4v) is 2.08. The zero-order valence-corrected chi connectivity index (χ0v) is 9.49. The van der Waals surface area contributed by atoms with Gasteiger partial charge in [0.25, 0.3) is 0 Å². The molecular formula is C13H19NO. The second kappa shape index (κ2) is 4.77. The lowest BCUT2D eigenvalue weighted by Gasteiger charge is -2.31. The van der Waals surface area contributed by atoms with Crippen molar-refractivity contribution in [2.75, 3.05) is 13.1 Å². The van der Waals surface area contributed by atoms with Crippen LogP contribution in [-0.2, 0) is 4.74 Å². The Morgan fingerprint density at radius 3 is 2.87 bits per heavy atom. The van der Waals surface area contributed by atoms with Crippen LogP contribution in [0.4, 0.5) is 0 Å². The summed E-state index contributed by atoms with van der Waals surface area (Å²) in [6.07, 6.45) is 1.67. The fourth-order valence-electron chi connectivity index (χ4n) is 2.08. The smallest absolute Gasteiger partial charge is 0.0956 e. The summed E-state index contributed by atoms with van der Waals surface area (Å²) in [5, 5.41) is 3.44. The average Bonchev–Trinajstić information content (AvgIpc) is 2.30. The Balaban J connectivity index is 2.13. The molecule has 0 aromatic heterocycles. The van der Waals surface area contributed by atoms with Crippen molar-refractivity contribution in [3.8, 4) is 0 Å². The molecular weight excluding hydrogens is 186 g/mol. The molecule has 0 bridgehead atoms. The van der Waals surface area contributed by atoms with Crippen molar-refractivity contribution in [1.29, 1.82) is 0 Å². The van der Waals surface area contributed by atoms with Crippen molar-refractivity contribution >= 4 is 0 Å². The first-order valence-electron chi connectivity index (χ1n) is 5.73. The van der Waals surface area contributed by atoms with E-state index in [4.69, 9.17) is 4.74 Å². The molecule has 0 amide bonds. The quantitative estimate of drug-likeness (QED) is 0.800. The van der Waals surface area contributed by atoms with Crippen LogP contribution < -0.4 is 5.32 Å². The largest absolute Gasteiger partial charge is 0.368 e. The highest BCUT2D eigenvalue weighted by molar-refractivity contribution is 5.28. The molecule has 1 aromatic rings. The molecule has 2 heteroatoms. The standard InChI is InChI=1S/C13H19NO/c1-3-11-8-14-9-13(15-11)12-7-5-4-6-10(12)2/h4-7,11,13-14H,3,8-9H2,1-2H3. The summed E-state index contributed by atoms with van der Waals surface area (Å²) in [5.41, 5.74) is 2.64. The second-order valence-electron chi connectivity index (χ2n) is 4.17. The third kappa shape index (κ3) is 2.39. The van der Waals surface area contributed by atoms with Crippen molar-refractivity contribution in [2.45, 2.75) is 32.5 Å². The Hall–Kier alpha value is -0.860. The summed E-state index contributed by atoms with van der Waals surface area (Å²) >= 11 is 0. The highest BCUT2D eigenvalue weighted by atomic mass is 16.5. The van der Waals surface area contributed by atoms with Gasteiger partial charge in [0.2, 0.25) is 0 Å². The van der Waals surface area contributed by atoms with Crippen molar-refractivity contribution in [3.63, 3.8) is 0 Å². The summed E-state index contributed by atoms with van der Waals surface area (Å²) in [7, 11) is 0. The highest BCUT2D eigenvalue weighted by Crippen LogP contribution is 2.24. The van der Waals surface area contributed by atoms with E-state index in [1.165, 1.54) is 11.1 Å². The predicted molar refractivity (Wildman–Crippen MR) is 62.0 cm³/mol.